The first-order valence-corrected chi connectivity index (χ1v) is 4.54. The smallest absolute Gasteiger partial charge is 0.298 e. The van der Waals surface area contributed by atoms with E-state index in [9.17, 15) is 32.9 Å². The number of nitrogens with zero attached hydrogens (tertiary/aromatic N) is 1. The fourth-order valence-corrected chi connectivity index (χ4v) is 1.49. The first-order chi connectivity index (χ1) is 8.20. The van der Waals surface area contributed by atoms with Crippen LogP contribution in [0.5, 0.6) is 0 Å². The molecule has 18 heavy (non-hydrogen) atoms. The Balaban J connectivity index is 3.78. The Morgan fingerprint density at radius 3 is 2.28 bits per heavy atom. The molecule has 0 unspecified atom stereocenters. The van der Waals surface area contributed by atoms with Crippen molar-refractivity contribution < 1.29 is 27.7 Å². The zero-order valence-corrected chi connectivity index (χ0v) is 8.95. The van der Waals surface area contributed by atoms with Crippen LogP contribution in [0.4, 0.5) is 18.9 Å². The van der Waals surface area contributed by atoms with Crippen LogP contribution in [0.25, 0.3) is 0 Å². The van der Waals surface area contributed by atoms with Gasteiger partial charge in [-0.15, -0.1) is 0 Å². The van der Waals surface area contributed by atoms with Gasteiger partial charge in [0, 0.05) is 17.2 Å². The van der Waals surface area contributed by atoms with Gasteiger partial charge in [0.25, 0.3) is 5.69 Å². The third kappa shape index (κ3) is 2.36. The van der Waals surface area contributed by atoms with E-state index in [0.717, 1.165) is 13.0 Å². The molecule has 0 aliphatic rings. The number of hydrogen-bond acceptors (Lipinski definition) is 4. The molecule has 0 spiro atoms. The van der Waals surface area contributed by atoms with Crippen molar-refractivity contribution in [2.75, 3.05) is 0 Å². The standard InChI is InChI=1S/C10H6F3NO4/c1-5(16)6-2-3-8(14(17)18)9(7(6)4-15)10(11,12)13/h2-4H,1H3. The summed E-state index contributed by atoms with van der Waals surface area (Å²) < 4.78 is 38.2. The molecule has 0 saturated carbocycles. The van der Waals surface area contributed by atoms with Gasteiger partial charge in [0.15, 0.2) is 12.1 Å². The summed E-state index contributed by atoms with van der Waals surface area (Å²) in [6.45, 7) is 0.967. The highest BCUT2D eigenvalue weighted by molar-refractivity contribution is 6.03. The molecule has 1 aromatic rings. The largest absolute Gasteiger partial charge is 0.423 e. The van der Waals surface area contributed by atoms with Crippen molar-refractivity contribution in [3.8, 4) is 0 Å². The average molecular weight is 261 g/mol. The van der Waals surface area contributed by atoms with Crippen molar-refractivity contribution in [2.24, 2.45) is 0 Å². The van der Waals surface area contributed by atoms with E-state index < -0.39 is 39.3 Å². The second-order valence-corrected chi connectivity index (χ2v) is 3.35. The maximum Gasteiger partial charge on any atom is 0.423 e. The number of alkyl halides is 3. The zero-order valence-electron chi connectivity index (χ0n) is 8.95. The lowest BCUT2D eigenvalue weighted by atomic mass is 9.97. The van der Waals surface area contributed by atoms with Crippen LogP contribution in [0.3, 0.4) is 0 Å². The fourth-order valence-electron chi connectivity index (χ4n) is 1.49. The van der Waals surface area contributed by atoms with E-state index in [2.05, 4.69) is 0 Å². The van der Waals surface area contributed by atoms with Crippen LogP contribution in [0.1, 0.15) is 33.2 Å². The van der Waals surface area contributed by atoms with Crippen LogP contribution in [-0.4, -0.2) is 17.0 Å². The first kappa shape index (κ1) is 13.8. The van der Waals surface area contributed by atoms with Crippen LogP contribution in [0, 0.1) is 10.1 Å². The highest BCUT2D eigenvalue weighted by Crippen LogP contribution is 2.39. The Morgan fingerprint density at radius 2 is 1.94 bits per heavy atom. The lowest BCUT2D eigenvalue weighted by molar-refractivity contribution is -0.388. The van der Waals surface area contributed by atoms with Gasteiger partial charge in [-0.05, 0) is 13.0 Å². The maximum absolute atomic E-state index is 12.7. The van der Waals surface area contributed by atoms with Crippen LogP contribution >= 0.6 is 0 Å². The summed E-state index contributed by atoms with van der Waals surface area (Å²) in [5, 5.41) is 10.5. The van der Waals surface area contributed by atoms with Gasteiger partial charge in [-0.25, -0.2) is 0 Å². The van der Waals surface area contributed by atoms with Crippen LogP contribution in [0.15, 0.2) is 12.1 Å². The van der Waals surface area contributed by atoms with E-state index >= 15 is 0 Å². The highest BCUT2D eigenvalue weighted by atomic mass is 19.4. The van der Waals surface area contributed by atoms with E-state index in [1.54, 1.807) is 0 Å². The minimum atomic E-state index is -5.09. The first-order valence-electron chi connectivity index (χ1n) is 4.54. The molecule has 0 N–H and O–H groups in total. The van der Waals surface area contributed by atoms with E-state index in [1.807, 2.05) is 0 Å². The molecule has 0 bridgehead atoms. The second kappa shape index (κ2) is 4.55. The van der Waals surface area contributed by atoms with Crippen LogP contribution in [-0.2, 0) is 6.18 Å². The number of hydrogen-bond donors (Lipinski definition) is 0. The number of halogens is 3. The van der Waals surface area contributed by atoms with E-state index in [-0.39, 0.29) is 6.29 Å². The van der Waals surface area contributed by atoms with E-state index in [1.165, 1.54) is 0 Å². The Labute approximate surface area is 98.4 Å². The molecule has 0 saturated heterocycles. The minimum Gasteiger partial charge on any atom is -0.298 e. The SMILES string of the molecule is CC(=O)c1ccc([N+](=O)[O-])c(C(F)(F)F)c1C=O. The molecule has 0 amide bonds. The Hall–Kier alpha value is -2.25. The molecule has 1 aromatic carbocycles. The molecule has 0 aliphatic carbocycles. The van der Waals surface area contributed by atoms with Crippen molar-refractivity contribution in [3.63, 3.8) is 0 Å². The second-order valence-electron chi connectivity index (χ2n) is 3.35. The van der Waals surface area contributed by atoms with Crippen molar-refractivity contribution in [2.45, 2.75) is 13.1 Å². The number of carbonyl (C=O) groups excluding carboxylic acids is 2. The van der Waals surface area contributed by atoms with Crippen LogP contribution in [0.2, 0.25) is 0 Å². The number of nitro benzene ring substituents is 1. The summed E-state index contributed by atoms with van der Waals surface area (Å²) >= 11 is 0. The Morgan fingerprint density at radius 1 is 1.39 bits per heavy atom. The number of ketones is 1. The summed E-state index contributed by atoms with van der Waals surface area (Å²) in [4.78, 5) is 31.1. The highest BCUT2D eigenvalue weighted by Gasteiger charge is 2.42. The van der Waals surface area contributed by atoms with Gasteiger partial charge in [0.05, 0.1) is 4.92 Å². The molecule has 96 valence electrons. The normalized spacial score (nSPS) is 11.1. The predicted octanol–water partition coefficient (Wildman–Crippen LogP) is 2.63. The number of benzene rings is 1. The number of nitro groups is 1. The molecular weight excluding hydrogens is 255 g/mol. The number of rotatable bonds is 3. The molecule has 0 aliphatic heterocycles. The Bertz CT molecular complexity index is 537. The summed E-state index contributed by atoms with van der Waals surface area (Å²) in [5.41, 5.74) is -4.46. The zero-order chi connectivity index (χ0) is 14.1. The molecule has 0 atom stereocenters. The topological polar surface area (TPSA) is 77.3 Å². The molecule has 0 aromatic heterocycles. The third-order valence-electron chi connectivity index (χ3n) is 2.20. The van der Waals surface area contributed by atoms with Gasteiger partial charge in [-0.3, -0.25) is 19.7 Å². The lowest BCUT2D eigenvalue weighted by Crippen LogP contribution is -2.15. The van der Waals surface area contributed by atoms with Crippen molar-refractivity contribution in [1.29, 1.82) is 0 Å². The third-order valence-corrected chi connectivity index (χ3v) is 2.20. The number of aldehydes is 1. The lowest BCUT2D eigenvalue weighted by Gasteiger charge is -2.12. The van der Waals surface area contributed by atoms with Gasteiger partial charge in [-0.1, -0.05) is 0 Å². The van der Waals surface area contributed by atoms with Gasteiger partial charge >= 0.3 is 6.18 Å². The average Bonchev–Trinajstić information content (AvgIpc) is 2.25. The quantitative estimate of drug-likeness (QED) is 0.362. The summed E-state index contributed by atoms with van der Waals surface area (Å²) in [5.74, 6) is -0.780. The van der Waals surface area contributed by atoms with Crippen molar-refractivity contribution in [3.05, 3.63) is 38.9 Å². The van der Waals surface area contributed by atoms with Gasteiger partial charge < -0.3 is 0 Å². The molecule has 0 heterocycles. The molecule has 1 rings (SSSR count). The van der Waals surface area contributed by atoms with Crippen LogP contribution < -0.4 is 0 Å². The number of carbonyl (C=O) groups is 2. The monoisotopic (exact) mass is 261 g/mol. The van der Waals surface area contributed by atoms with Gasteiger partial charge in [0.2, 0.25) is 0 Å². The molecule has 5 nitrogen and oxygen atoms in total. The molecule has 8 heteroatoms. The molecular formula is C10H6F3NO4. The van der Waals surface area contributed by atoms with Crippen molar-refractivity contribution >= 4 is 17.8 Å². The summed E-state index contributed by atoms with van der Waals surface area (Å²) in [6.07, 6.45) is -5.29. The minimum absolute atomic E-state index is 0.202. The molecule has 0 radical (unpaired) electrons. The fraction of sp³-hybridized carbons (Fsp3) is 0.200. The summed E-state index contributed by atoms with van der Waals surface area (Å²) in [7, 11) is 0. The van der Waals surface area contributed by atoms with Gasteiger partial charge in [0.1, 0.15) is 5.56 Å². The number of Topliss-reactive ketones (excluding diaryl/α,β-unsaturated/α-hetero) is 1. The predicted molar refractivity (Wildman–Crippen MR) is 53.5 cm³/mol. The van der Waals surface area contributed by atoms with Gasteiger partial charge in [-0.2, -0.15) is 13.2 Å². The van der Waals surface area contributed by atoms with E-state index in [4.69, 9.17) is 0 Å². The summed E-state index contributed by atoms with van der Waals surface area (Å²) in [6, 6.07) is 1.39. The molecule has 0 fully saturated rings. The maximum atomic E-state index is 12.7. The Kier molecular flexibility index (Phi) is 3.49. The van der Waals surface area contributed by atoms with Crippen molar-refractivity contribution in [1.82, 2.24) is 0 Å². The van der Waals surface area contributed by atoms with E-state index in [0.29, 0.717) is 6.07 Å².